The molecule has 0 unspecified atom stereocenters. The van der Waals surface area contributed by atoms with Crippen molar-refractivity contribution in [1.29, 1.82) is 0 Å². The van der Waals surface area contributed by atoms with Crippen molar-refractivity contribution in [2.24, 2.45) is 0 Å². The second-order valence-electron chi connectivity index (χ2n) is 5.21. The number of fused-ring (bicyclic) bond motifs is 1. The van der Waals surface area contributed by atoms with Crippen molar-refractivity contribution in [3.05, 3.63) is 60.2 Å². The number of hydrogen-bond acceptors (Lipinski definition) is 5. The maximum Gasteiger partial charge on any atom is 0.252 e. The summed E-state index contributed by atoms with van der Waals surface area (Å²) in [5.74, 6) is 0.553. The molecule has 0 atom stereocenters. The van der Waals surface area contributed by atoms with Crippen LogP contribution in [0.4, 0.5) is 0 Å². The highest BCUT2D eigenvalue weighted by molar-refractivity contribution is 7.88. The summed E-state index contributed by atoms with van der Waals surface area (Å²) in [4.78, 5) is 8.15. The number of rotatable bonds is 7. The molecule has 0 saturated carbocycles. The Hall–Kier alpha value is -2.32. The number of aryl methyl sites for hydroxylation is 1. The summed E-state index contributed by atoms with van der Waals surface area (Å²) in [6.07, 6.45) is 6.45. The summed E-state index contributed by atoms with van der Waals surface area (Å²) < 4.78 is 28.2. The molecule has 1 N–H and O–H groups in total. The molecule has 0 aliphatic heterocycles. The first-order chi connectivity index (χ1) is 11.1. The van der Waals surface area contributed by atoms with Gasteiger partial charge in [-0.05, 0) is 24.0 Å². The van der Waals surface area contributed by atoms with Crippen molar-refractivity contribution in [2.45, 2.75) is 18.6 Å². The third-order valence-corrected chi connectivity index (χ3v) is 4.71. The van der Waals surface area contributed by atoms with E-state index < -0.39 is 10.0 Å². The van der Waals surface area contributed by atoms with Gasteiger partial charge in [0.15, 0.2) is 0 Å². The zero-order chi connectivity index (χ0) is 16.1. The third-order valence-electron chi connectivity index (χ3n) is 3.35. The Balaban J connectivity index is 1.48. The molecule has 23 heavy (non-hydrogen) atoms. The van der Waals surface area contributed by atoms with E-state index in [2.05, 4.69) is 19.8 Å². The van der Waals surface area contributed by atoms with Gasteiger partial charge < -0.3 is 0 Å². The van der Waals surface area contributed by atoms with Gasteiger partial charge in [0.1, 0.15) is 6.33 Å². The van der Waals surface area contributed by atoms with Crippen LogP contribution in [0.2, 0.25) is 0 Å². The number of hydrogen-bond donors (Lipinski definition) is 1. The van der Waals surface area contributed by atoms with Gasteiger partial charge in [0.05, 0.1) is 5.75 Å². The van der Waals surface area contributed by atoms with E-state index in [0.717, 1.165) is 17.5 Å². The van der Waals surface area contributed by atoms with Gasteiger partial charge in [0.25, 0.3) is 5.78 Å². The molecule has 0 radical (unpaired) electrons. The molecule has 0 spiro atoms. The predicted octanol–water partition coefficient (Wildman–Crippen LogP) is 1.18. The van der Waals surface area contributed by atoms with Crippen LogP contribution in [0.3, 0.4) is 0 Å². The number of benzene rings is 1. The lowest BCUT2D eigenvalue weighted by atomic mass is 10.2. The lowest BCUT2D eigenvalue weighted by molar-refractivity contribution is 0.578. The van der Waals surface area contributed by atoms with Crippen molar-refractivity contribution in [1.82, 2.24) is 24.3 Å². The van der Waals surface area contributed by atoms with Gasteiger partial charge in [-0.15, -0.1) is 0 Å². The second-order valence-corrected chi connectivity index (χ2v) is 7.02. The fourth-order valence-electron chi connectivity index (χ4n) is 2.25. The highest BCUT2D eigenvalue weighted by Gasteiger charge is 2.10. The molecule has 0 saturated heterocycles. The molecule has 0 fully saturated rings. The van der Waals surface area contributed by atoms with Crippen LogP contribution < -0.4 is 4.72 Å². The van der Waals surface area contributed by atoms with Gasteiger partial charge in [-0.2, -0.15) is 10.1 Å². The van der Waals surface area contributed by atoms with E-state index >= 15 is 0 Å². The maximum absolute atomic E-state index is 12.0. The minimum absolute atomic E-state index is 0.000309. The summed E-state index contributed by atoms with van der Waals surface area (Å²) in [6.45, 7) is 0.393. The largest absolute Gasteiger partial charge is 0.252 e. The van der Waals surface area contributed by atoms with Crippen molar-refractivity contribution in [3.8, 4) is 0 Å². The SMILES string of the molecule is O=S(=O)(Cc1ccccc1)NCCCc1cnc2ncnn2c1. The van der Waals surface area contributed by atoms with Crippen LogP contribution in [0.15, 0.2) is 49.1 Å². The summed E-state index contributed by atoms with van der Waals surface area (Å²) in [5, 5.41) is 4.03. The van der Waals surface area contributed by atoms with E-state index in [4.69, 9.17) is 0 Å². The summed E-state index contributed by atoms with van der Waals surface area (Å²) in [7, 11) is -3.31. The molecule has 2 heterocycles. The molecule has 3 aromatic rings. The van der Waals surface area contributed by atoms with E-state index in [0.29, 0.717) is 18.7 Å². The molecular formula is C15H17N5O2S. The summed E-state index contributed by atoms with van der Waals surface area (Å²) in [5.41, 5.74) is 1.77. The van der Waals surface area contributed by atoms with Crippen LogP contribution in [-0.2, 0) is 22.2 Å². The Labute approximate surface area is 134 Å². The van der Waals surface area contributed by atoms with Crippen LogP contribution in [0, 0.1) is 0 Å². The topological polar surface area (TPSA) is 89.2 Å². The molecular weight excluding hydrogens is 314 g/mol. The number of nitrogens with one attached hydrogen (secondary N) is 1. The molecule has 0 aliphatic carbocycles. The smallest absolute Gasteiger partial charge is 0.219 e. The molecule has 120 valence electrons. The van der Waals surface area contributed by atoms with Crippen LogP contribution in [0.1, 0.15) is 17.5 Å². The number of aromatic nitrogens is 4. The molecule has 3 rings (SSSR count). The molecule has 7 nitrogen and oxygen atoms in total. The Kier molecular flexibility index (Phi) is 4.63. The first-order valence-corrected chi connectivity index (χ1v) is 8.93. The summed E-state index contributed by atoms with van der Waals surface area (Å²) >= 11 is 0. The fraction of sp³-hybridized carbons (Fsp3) is 0.267. The van der Waals surface area contributed by atoms with Crippen molar-refractivity contribution in [2.75, 3.05) is 6.54 Å². The molecule has 0 amide bonds. The average Bonchev–Trinajstić information content (AvgIpc) is 3.00. The lowest BCUT2D eigenvalue weighted by Crippen LogP contribution is -2.26. The zero-order valence-electron chi connectivity index (χ0n) is 12.5. The van der Waals surface area contributed by atoms with Gasteiger partial charge in [-0.25, -0.2) is 22.6 Å². The maximum atomic E-state index is 12.0. The van der Waals surface area contributed by atoms with E-state index in [1.54, 1.807) is 22.8 Å². The van der Waals surface area contributed by atoms with Gasteiger partial charge in [0.2, 0.25) is 10.0 Å². The second kappa shape index (κ2) is 6.84. The minimum Gasteiger partial charge on any atom is -0.219 e. The van der Waals surface area contributed by atoms with E-state index in [1.807, 2.05) is 24.4 Å². The number of nitrogens with zero attached hydrogens (tertiary/aromatic N) is 4. The Morgan fingerprint density at radius 1 is 1.09 bits per heavy atom. The molecule has 0 aliphatic rings. The zero-order valence-corrected chi connectivity index (χ0v) is 13.3. The molecule has 0 bridgehead atoms. The Morgan fingerprint density at radius 3 is 2.74 bits per heavy atom. The minimum atomic E-state index is -3.31. The van der Waals surface area contributed by atoms with Crippen molar-refractivity contribution >= 4 is 15.8 Å². The first-order valence-electron chi connectivity index (χ1n) is 7.28. The Morgan fingerprint density at radius 2 is 1.91 bits per heavy atom. The Bertz CT molecular complexity index is 877. The van der Waals surface area contributed by atoms with Crippen molar-refractivity contribution in [3.63, 3.8) is 0 Å². The lowest BCUT2D eigenvalue weighted by Gasteiger charge is -2.07. The van der Waals surface area contributed by atoms with Crippen LogP contribution in [-0.4, -0.2) is 34.5 Å². The monoisotopic (exact) mass is 331 g/mol. The van der Waals surface area contributed by atoms with E-state index in [9.17, 15) is 8.42 Å². The number of sulfonamides is 1. The van der Waals surface area contributed by atoms with Crippen molar-refractivity contribution < 1.29 is 8.42 Å². The fourth-order valence-corrected chi connectivity index (χ4v) is 3.44. The quantitative estimate of drug-likeness (QED) is 0.657. The molecule has 8 heteroatoms. The third kappa shape index (κ3) is 4.33. The van der Waals surface area contributed by atoms with E-state index in [-0.39, 0.29) is 5.75 Å². The van der Waals surface area contributed by atoms with Gasteiger partial charge in [0, 0.05) is 18.9 Å². The normalized spacial score (nSPS) is 11.8. The van der Waals surface area contributed by atoms with Gasteiger partial charge >= 0.3 is 0 Å². The van der Waals surface area contributed by atoms with Crippen LogP contribution >= 0.6 is 0 Å². The van der Waals surface area contributed by atoms with Crippen LogP contribution in [0.25, 0.3) is 5.78 Å². The first kappa shape index (κ1) is 15.6. The van der Waals surface area contributed by atoms with Gasteiger partial charge in [-0.3, -0.25) is 0 Å². The standard InChI is InChI=1S/C15H17N5O2S/c21-23(22,11-13-5-2-1-3-6-13)19-8-4-7-14-9-16-15-17-12-18-20(15)10-14/h1-3,5-6,9-10,12,19H,4,7-8,11H2. The van der Waals surface area contributed by atoms with Gasteiger partial charge in [-0.1, -0.05) is 30.3 Å². The molecule has 1 aromatic carbocycles. The average molecular weight is 331 g/mol. The molecule has 2 aromatic heterocycles. The highest BCUT2D eigenvalue weighted by atomic mass is 32.2. The van der Waals surface area contributed by atoms with Crippen LogP contribution in [0.5, 0.6) is 0 Å². The highest BCUT2D eigenvalue weighted by Crippen LogP contribution is 2.05. The predicted molar refractivity (Wildman–Crippen MR) is 86.2 cm³/mol. The van der Waals surface area contributed by atoms with E-state index in [1.165, 1.54) is 6.33 Å². The summed E-state index contributed by atoms with van der Waals surface area (Å²) in [6, 6.07) is 9.14.